The summed E-state index contributed by atoms with van der Waals surface area (Å²) in [6, 6.07) is 7.30. The van der Waals surface area contributed by atoms with Crippen molar-refractivity contribution in [2.24, 2.45) is 5.73 Å². The van der Waals surface area contributed by atoms with E-state index in [1.807, 2.05) is 12.1 Å². The molecule has 1 aromatic carbocycles. The lowest BCUT2D eigenvalue weighted by molar-refractivity contribution is -0.120. The van der Waals surface area contributed by atoms with Crippen LogP contribution in [0.1, 0.15) is 11.7 Å². The van der Waals surface area contributed by atoms with Crippen molar-refractivity contribution in [2.75, 3.05) is 20.2 Å². The number of benzene rings is 1. The Labute approximate surface area is 99.7 Å². The quantitative estimate of drug-likeness (QED) is 0.813. The van der Waals surface area contributed by atoms with Gasteiger partial charge in [-0.1, -0.05) is 23.7 Å². The van der Waals surface area contributed by atoms with Gasteiger partial charge in [0.2, 0.25) is 5.91 Å². The fraction of sp³-hybridized carbons (Fsp3) is 0.364. The third-order valence-corrected chi connectivity index (χ3v) is 2.45. The van der Waals surface area contributed by atoms with E-state index in [2.05, 4.69) is 5.32 Å². The first-order chi connectivity index (χ1) is 7.67. The van der Waals surface area contributed by atoms with Gasteiger partial charge in [-0.25, -0.2) is 0 Å². The van der Waals surface area contributed by atoms with Crippen LogP contribution in [0.25, 0.3) is 0 Å². The summed E-state index contributed by atoms with van der Waals surface area (Å²) in [5, 5.41) is 3.35. The number of nitrogens with one attached hydrogen (secondary N) is 1. The van der Waals surface area contributed by atoms with Gasteiger partial charge in [0.1, 0.15) is 0 Å². The van der Waals surface area contributed by atoms with E-state index in [9.17, 15) is 4.79 Å². The Morgan fingerprint density at radius 3 is 2.62 bits per heavy atom. The molecule has 0 aromatic heterocycles. The molecule has 16 heavy (non-hydrogen) atoms. The predicted molar refractivity (Wildman–Crippen MR) is 63.3 cm³/mol. The van der Waals surface area contributed by atoms with E-state index >= 15 is 0 Å². The molecular weight excluding hydrogens is 228 g/mol. The maximum absolute atomic E-state index is 11.0. The Balaban J connectivity index is 2.60. The van der Waals surface area contributed by atoms with E-state index in [0.29, 0.717) is 11.6 Å². The number of rotatable bonds is 5. The fourth-order valence-corrected chi connectivity index (χ4v) is 1.42. The minimum atomic E-state index is -0.198. The van der Waals surface area contributed by atoms with Gasteiger partial charge in [-0.3, -0.25) is 4.79 Å². The lowest BCUT2D eigenvalue weighted by Gasteiger charge is -2.16. The van der Waals surface area contributed by atoms with Gasteiger partial charge in [0.15, 0.2) is 0 Å². The first-order valence-corrected chi connectivity index (χ1v) is 5.30. The first kappa shape index (κ1) is 13.0. The van der Waals surface area contributed by atoms with Gasteiger partial charge in [-0.2, -0.15) is 0 Å². The minimum Gasteiger partial charge on any atom is -0.375 e. The van der Waals surface area contributed by atoms with E-state index in [-0.39, 0.29) is 18.6 Å². The van der Waals surface area contributed by atoms with Crippen LogP contribution in [-0.4, -0.2) is 26.1 Å². The number of methoxy groups -OCH3 is 1. The lowest BCUT2D eigenvalue weighted by Crippen LogP contribution is -2.33. The van der Waals surface area contributed by atoms with E-state index in [1.54, 1.807) is 19.2 Å². The van der Waals surface area contributed by atoms with Crippen molar-refractivity contribution < 1.29 is 9.53 Å². The van der Waals surface area contributed by atoms with Crippen LogP contribution in [0.4, 0.5) is 0 Å². The Kier molecular flexibility index (Phi) is 5.25. The van der Waals surface area contributed by atoms with Gasteiger partial charge in [-0.15, -0.1) is 0 Å². The topological polar surface area (TPSA) is 64.3 Å². The van der Waals surface area contributed by atoms with E-state index in [0.717, 1.165) is 5.56 Å². The molecule has 4 nitrogen and oxygen atoms in total. The van der Waals surface area contributed by atoms with Gasteiger partial charge in [0.05, 0.1) is 12.6 Å². The second kappa shape index (κ2) is 6.48. The molecule has 0 aliphatic rings. The molecule has 5 heteroatoms. The summed E-state index contributed by atoms with van der Waals surface area (Å²) in [7, 11) is 1.59. The van der Waals surface area contributed by atoms with Crippen LogP contribution in [0.5, 0.6) is 0 Å². The van der Waals surface area contributed by atoms with Crippen molar-refractivity contribution in [3.63, 3.8) is 0 Å². The molecule has 0 bridgehead atoms. The first-order valence-electron chi connectivity index (χ1n) is 4.92. The summed E-state index contributed by atoms with van der Waals surface area (Å²) in [5.41, 5.74) is 6.15. The molecule has 1 amide bonds. The van der Waals surface area contributed by atoms with E-state index in [4.69, 9.17) is 22.1 Å². The number of amides is 1. The van der Waals surface area contributed by atoms with Crippen molar-refractivity contribution >= 4 is 17.5 Å². The zero-order chi connectivity index (χ0) is 12.0. The zero-order valence-electron chi connectivity index (χ0n) is 9.07. The number of ether oxygens (including phenoxy) is 1. The van der Waals surface area contributed by atoms with Crippen LogP contribution in [0.3, 0.4) is 0 Å². The molecule has 0 aliphatic heterocycles. The Hall–Kier alpha value is -1.10. The molecule has 88 valence electrons. The standard InChI is InChI=1S/C11H15ClN2O2/c1-16-10(7-14-11(15)6-13)8-2-4-9(12)5-3-8/h2-5,10H,6-7,13H2,1H3,(H,14,15). The van der Waals surface area contributed by atoms with Gasteiger partial charge in [-0.05, 0) is 17.7 Å². The van der Waals surface area contributed by atoms with Crippen molar-refractivity contribution in [1.82, 2.24) is 5.32 Å². The number of carbonyl (C=O) groups is 1. The molecule has 0 radical (unpaired) electrons. The summed E-state index contributed by atoms with van der Waals surface area (Å²) in [4.78, 5) is 11.0. The highest BCUT2D eigenvalue weighted by Gasteiger charge is 2.11. The van der Waals surface area contributed by atoms with Crippen molar-refractivity contribution in [3.05, 3.63) is 34.9 Å². The summed E-state index contributed by atoms with van der Waals surface area (Å²) < 4.78 is 5.27. The molecule has 0 saturated carbocycles. The van der Waals surface area contributed by atoms with Crippen LogP contribution >= 0.6 is 11.6 Å². The van der Waals surface area contributed by atoms with Gasteiger partial charge in [0, 0.05) is 18.7 Å². The molecule has 0 fully saturated rings. The summed E-state index contributed by atoms with van der Waals surface area (Å²) in [6.07, 6.45) is -0.187. The Bertz CT molecular complexity index is 340. The molecule has 0 heterocycles. The third-order valence-electron chi connectivity index (χ3n) is 2.20. The maximum atomic E-state index is 11.0. The average molecular weight is 243 g/mol. The van der Waals surface area contributed by atoms with Crippen LogP contribution < -0.4 is 11.1 Å². The molecule has 1 rings (SSSR count). The SMILES string of the molecule is COC(CNC(=O)CN)c1ccc(Cl)cc1. The van der Waals surface area contributed by atoms with Gasteiger partial charge < -0.3 is 15.8 Å². The fourth-order valence-electron chi connectivity index (χ4n) is 1.29. The molecule has 0 aliphatic carbocycles. The highest BCUT2D eigenvalue weighted by Crippen LogP contribution is 2.18. The number of nitrogens with two attached hydrogens (primary N) is 1. The van der Waals surface area contributed by atoms with Crippen LogP contribution in [0.15, 0.2) is 24.3 Å². The smallest absolute Gasteiger partial charge is 0.233 e. The number of carbonyl (C=O) groups excluding carboxylic acids is 1. The van der Waals surface area contributed by atoms with Crippen molar-refractivity contribution in [1.29, 1.82) is 0 Å². The van der Waals surface area contributed by atoms with Crippen molar-refractivity contribution in [2.45, 2.75) is 6.10 Å². The summed E-state index contributed by atoms with van der Waals surface area (Å²) in [5.74, 6) is -0.198. The van der Waals surface area contributed by atoms with Gasteiger partial charge in [0.25, 0.3) is 0 Å². The minimum absolute atomic E-state index is 0.0168. The van der Waals surface area contributed by atoms with E-state index in [1.165, 1.54) is 0 Å². The summed E-state index contributed by atoms with van der Waals surface area (Å²) in [6.45, 7) is 0.380. The number of hydrogen-bond donors (Lipinski definition) is 2. The van der Waals surface area contributed by atoms with Crippen LogP contribution in [-0.2, 0) is 9.53 Å². The predicted octanol–water partition coefficient (Wildman–Crippen LogP) is 1.10. The molecule has 3 N–H and O–H groups in total. The monoisotopic (exact) mass is 242 g/mol. The molecular formula is C11H15ClN2O2. The van der Waals surface area contributed by atoms with Crippen LogP contribution in [0, 0.1) is 0 Å². The second-order valence-electron chi connectivity index (χ2n) is 3.28. The molecule has 1 aromatic rings. The van der Waals surface area contributed by atoms with E-state index < -0.39 is 0 Å². The highest BCUT2D eigenvalue weighted by atomic mass is 35.5. The highest BCUT2D eigenvalue weighted by molar-refractivity contribution is 6.30. The lowest BCUT2D eigenvalue weighted by atomic mass is 10.1. The van der Waals surface area contributed by atoms with Crippen molar-refractivity contribution in [3.8, 4) is 0 Å². The van der Waals surface area contributed by atoms with Crippen LogP contribution in [0.2, 0.25) is 5.02 Å². The Morgan fingerprint density at radius 2 is 2.12 bits per heavy atom. The van der Waals surface area contributed by atoms with Gasteiger partial charge >= 0.3 is 0 Å². The maximum Gasteiger partial charge on any atom is 0.233 e. The molecule has 1 atom stereocenters. The number of halogens is 1. The summed E-state index contributed by atoms with van der Waals surface area (Å²) >= 11 is 5.78. The second-order valence-corrected chi connectivity index (χ2v) is 3.72. The third kappa shape index (κ3) is 3.81. The average Bonchev–Trinajstić information content (AvgIpc) is 2.31. The molecule has 1 unspecified atom stereocenters. The molecule has 0 saturated heterocycles. The molecule has 0 spiro atoms. The normalized spacial score (nSPS) is 12.2. The number of hydrogen-bond acceptors (Lipinski definition) is 3. The largest absolute Gasteiger partial charge is 0.375 e. The zero-order valence-corrected chi connectivity index (χ0v) is 9.83. The Morgan fingerprint density at radius 1 is 1.50 bits per heavy atom.